The summed E-state index contributed by atoms with van der Waals surface area (Å²) in [7, 11) is 0. The van der Waals surface area contributed by atoms with Crippen LogP contribution in [-0.2, 0) is 14.4 Å². The van der Waals surface area contributed by atoms with Gasteiger partial charge >= 0.3 is 10.8 Å². The summed E-state index contributed by atoms with van der Waals surface area (Å²) in [5.41, 5.74) is 1.04. The van der Waals surface area contributed by atoms with Crippen LogP contribution in [0.1, 0.15) is 29.7 Å². The van der Waals surface area contributed by atoms with Crippen molar-refractivity contribution in [1.82, 2.24) is 9.88 Å². The van der Waals surface area contributed by atoms with Crippen molar-refractivity contribution in [3.8, 4) is 0 Å². The van der Waals surface area contributed by atoms with E-state index in [9.17, 15) is 24.3 Å². The number of aromatic nitrogens is 1. The Balaban J connectivity index is 1.45. The van der Waals surface area contributed by atoms with Gasteiger partial charge in [-0.15, -0.1) is 11.8 Å². The molecule has 10 heteroatoms. The minimum atomic E-state index is -1.18. The lowest BCUT2D eigenvalue weighted by atomic mass is 9.68. The van der Waals surface area contributed by atoms with Crippen LogP contribution in [0.25, 0.3) is 0 Å². The maximum atomic E-state index is 13.3. The summed E-state index contributed by atoms with van der Waals surface area (Å²) in [6.45, 7) is 1.39. The van der Waals surface area contributed by atoms with Crippen molar-refractivity contribution in [2.24, 2.45) is 29.6 Å². The van der Waals surface area contributed by atoms with Crippen LogP contribution >= 0.6 is 34.7 Å². The summed E-state index contributed by atoms with van der Waals surface area (Å²) in [5.74, 6) is -2.87. The van der Waals surface area contributed by atoms with Crippen LogP contribution < -0.4 is 4.87 Å². The van der Waals surface area contributed by atoms with E-state index in [1.165, 1.54) is 18.3 Å². The predicted octanol–water partition coefficient (Wildman–Crippen LogP) is 3.04. The number of benzene rings is 1. The first-order chi connectivity index (χ1) is 15.3. The third-order valence-corrected chi connectivity index (χ3v) is 10.6. The van der Waals surface area contributed by atoms with Gasteiger partial charge in [-0.05, 0) is 48.8 Å². The van der Waals surface area contributed by atoms with Crippen molar-refractivity contribution >= 4 is 52.5 Å². The number of fused-ring (bicyclic) bond motifs is 9. The molecule has 2 amide bonds. The van der Waals surface area contributed by atoms with E-state index in [1.807, 2.05) is 24.3 Å². The van der Waals surface area contributed by atoms with Gasteiger partial charge < -0.3 is 10.1 Å². The molecule has 2 saturated carbocycles. The lowest BCUT2D eigenvalue weighted by Gasteiger charge is -2.43. The molecule has 2 aromatic rings. The fourth-order valence-electron chi connectivity index (χ4n) is 6.58. The molecule has 2 aliphatic heterocycles. The molecule has 4 aliphatic rings. The highest BCUT2D eigenvalue weighted by Crippen LogP contribution is 2.68. The van der Waals surface area contributed by atoms with Crippen molar-refractivity contribution in [3.63, 3.8) is 0 Å². The first kappa shape index (κ1) is 20.5. The molecule has 2 bridgehead atoms. The summed E-state index contributed by atoms with van der Waals surface area (Å²) in [6.07, 6.45) is 0.772. The van der Waals surface area contributed by atoms with Crippen molar-refractivity contribution in [2.75, 3.05) is 0 Å². The number of likely N-dealkylation sites (tertiary alicyclic amines) is 1. The second-order valence-corrected chi connectivity index (χ2v) is 11.7. The number of imide groups is 1. The van der Waals surface area contributed by atoms with E-state index in [0.29, 0.717) is 5.02 Å². The first-order valence-corrected chi connectivity index (χ1v) is 12.6. The number of hydrogen-bond donors (Lipinski definition) is 2. The zero-order chi connectivity index (χ0) is 22.5. The summed E-state index contributed by atoms with van der Waals surface area (Å²) >= 11 is 8.93. The normalized spacial score (nSPS) is 35.6. The number of H-pyrrole nitrogens is 1. The Kier molecular flexibility index (Phi) is 4.45. The lowest BCUT2D eigenvalue weighted by molar-refractivity contribution is -0.154. The van der Waals surface area contributed by atoms with Crippen LogP contribution in [0.4, 0.5) is 0 Å². The van der Waals surface area contributed by atoms with E-state index >= 15 is 0 Å². The van der Waals surface area contributed by atoms with Crippen molar-refractivity contribution in [2.45, 2.75) is 35.6 Å². The van der Waals surface area contributed by atoms with E-state index in [0.717, 1.165) is 26.8 Å². The van der Waals surface area contributed by atoms with Crippen LogP contribution in [0.15, 0.2) is 34.1 Å². The summed E-state index contributed by atoms with van der Waals surface area (Å²) < 4.78 is 0. The second-order valence-electron chi connectivity index (χ2n) is 9.07. The molecule has 1 aromatic carbocycles. The highest BCUT2D eigenvalue weighted by Gasteiger charge is 2.70. The molecule has 2 N–H and O–H groups in total. The summed E-state index contributed by atoms with van der Waals surface area (Å²) in [5, 5.41) is 11.0. The number of thioether (sulfide) groups is 1. The molecule has 3 fully saturated rings. The Labute approximate surface area is 196 Å². The van der Waals surface area contributed by atoms with Gasteiger partial charge in [0.1, 0.15) is 6.04 Å². The van der Waals surface area contributed by atoms with E-state index in [-0.39, 0.29) is 45.6 Å². The average Bonchev–Trinajstić information content (AvgIpc) is 3.47. The average molecular weight is 491 g/mol. The van der Waals surface area contributed by atoms with Gasteiger partial charge in [0.2, 0.25) is 11.8 Å². The number of carbonyl (C=O) groups is 3. The number of nitrogens with zero attached hydrogens (tertiary/aromatic N) is 1. The number of aromatic amines is 1. The number of amides is 2. The van der Waals surface area contributed by atoms with Gasteiger partial charge in [-0.3, -0.25) is 19.3 Å². The molecule has 6 rings (SSSR count). The van der Waals surface area contributed by atoms with Crippen LogP contribution in [0.5, 0.6) is 0 Å². The fourth-order valence-corrected chi connectivity index (χ4v) is 9.59. The number of carbonyl (C=O) groups excluding carboxylic acids is 2. The topological polar surface area (TPSA) is 108 Å². The minimum Gasteiger partial charge on any atom is -0.480 e. The van der Waals surface area contributed by atoms with Gasteiger partial charge in [0, 0.05) is 21.1 Å². The monoisotopic (exact) mass is 490 g/mol. The number of hydrogen-bond acceptors (Lipinski definition) is 6. The molecule has 7 nitrogen and oxygen atoms in total. The van der Waals surface area contributed by atoms with Crippen molar-refractivity contribution in [3.05, 3.63) is 49.4 Å². The summed E-state index contributed by atoms with van der Waals surface area (Å²) in [6, 6.07) is 6.44. The number of halogens is 1. The standard InChI is InChI=1S/C22H19ClN2O5S2/c1-7(21(28)29)25-19(26)14-10-6-11(15(14)20(25)27)16-13(10)12(8-2-4-9(23)5-3-8)17-18(31-16)24-22(30)32-17/h2-5,7,10-16H,6H2,1H3,(H,24,30)(H,28,29)/t7-,10-,11-,12+,13-,14+,15-,16-/m1/s1. The first-order valence-electron chi connectivity index (χ1n) is 10.5. The molecule has 1 aromatic heterocycles. The Hall–Kier alpha value is -2.10. The molecular weight excluding hydrogens is 472 g/mol. The second kappa shape index (κ2) is 6.95. The number of rotatable bonds is 3. The van der Waals surface area contributed by atoms with Gasteiger partial charge in [-0.1, -0.05) is 35.1 Å². The zero-order valence-electron chi connectivity index (χ0n) is 16.9. The van der Waals surface area contributed by atoms with E-state index in [2.05, 4.69) is 4.98 Å². The Morgan fingerprint density at radius 1 is 1.16 bits per heavy atom. The van der Waals surface area contributed by atoms with Crippen LogP contribution in [-0.4, -0.2) is 44.1 Å². The number of aliphatic carboxylic acids is 1. The number of carboxylic acids is 1. The zero-order valence-corrected chi connectivity index (χ0v) is 19.2. The molecule has 3 heterocycles. The van der Waals surface area contributed by atoms with Crippen LogP contribution in [0, 0.1) is 29.6 Å². The van der Waals surface area contributed by atoms with Crippen LogP contribution in [0.2, 0.25) is 5.02 Å². The van der Waals surface area contributed by atoms with Gasteiger partial charge in [-0.25, -0.2) is 4.79 Å². The number of thiazole rings is 1. The van der Waals surface area contributed by atoms with Gasteiger partial charge in [0.15, 0.2) is 0 Å². The third-order valence-electron chi connectivity index (χ3n) is 7.73. The predicted molar refractivity (Wildman–Crippen MR) is 119 cm³/mol. The van der Waals surface area contributed by atoms with Gasteiger partial charge in [-0.2, -0.15) is 0 Å². The molecule has 2 aliphatic carbocycles. The van der Waals surface area contributed by atoms with Gasteiger partial charge in [0.25, 0.3) is 0 Å². The number of nitrogens with one attached hydrogen (secondary N) is 1. The number of carboxylic acid groups (broad SMARTS) is 1. The Morgan fingerprint density at radius 2 is 1.81 bits per heavy atom. The maximum Gasteiger partial charge on any atom is 0.326 e. The molecular formula is C22H19ClN2O5S2. The fraction of sp³-hybridized carbons (Fsp3) is 0.455. The lowest BCUT2D eigenvalue weighted by Crippen LogP contribution is -2.44. The molecule has 0 unspecified atom stereocenters. The quantitative estimate of drug-likeness (QED) is 0.640. The van der Waals surface area contributed by atoms with E-state index < -0.39 is 23.8 Å². The SMILES string of the molecule is C[C@H](C(=O)O)N1C(=O)[C@@H]2[C@H]3C[C@@H]([C@@H]2C1=O)[C@@H]1[C@H](c2ccc(Cl)cc2)c2sc(=O)[nH]c2S[C@H]31. The summed E-state index contributed by atoms with van der Waals surface area (Å²) in [4.78, 5) is 55.1. The smallest absolute Gasteiger partial charge is 0.326 e. The highest BCUT2D eigenvalue weighted by atomic mass is 35.5. The molecule has 0 spiro atoms. The molecule has 166 valence electrons. The molecule has 32 heavy (non-hydrogen) atoms. The van der Waals surface area contributed by atoms with Crippen molar-refractivity contribution in [1.29, 1.82) is 0 Å². The Bertz CT molecular complexity index is 1220. The third kappa shape index (κ3) is 2.61. The highest BCUT2D eigenvalue weighted by molar-refractivity contribution is 8.00. The molecule has 1 saturated heterocycles. The Morgan fingerprint density at radius 3 is 2.47 bits per heavy atom. The van der Waals surface area contributed by atoms with E-state index in [4.69, 9.17) is 11.6 Å². The largest absolute Gasteiger partial charge is 0.480 e. The van der Waals surface area contributed by atoms with E-state index in [1.54, 1.807) is 11.8 Å². The van der Waals surface area contributed by atoms with Crippen LogP contribution in [0.3, 0.4) is 0 Å². The minimum absolute atomic E-state index is 0.0196. The van der Waals surface area contributed by atoms with Gasteiger partial charge in [0.05, 0.1) is 16.9 Å². The molecule has 0 radical (unpaired) electrons. The van der Waals surface area contributed by atoms with Crippen molar-refractivity contribution < 1.29 is 19.5 Å². The maximum absolute atomic E-state index is 13.3. The molecule has 8 atom stereocenters.